The minimum atomic E-state index is -0.441. The van der Waals surface area contributed by atoms with Gasteiger partial charge in [0.2, 0.25) is 0 Å². The molecule has 0 saturated carbocycles. The van der Waals surface area contributed by atoms with Gasteiger partial charge < -0.3 is 9.88 Å². The molecule has 0 fully saturated rings. The molecule has 0 aliphatic carbocycles. The summed E-state index contributed by atoms with van der Waals surface area (Å²) in [5, 5.41) is 1.30. The van der Waals surface area contributed by atoms with Crippen LogP contribution in [-0.2, 0) is 13.0 Å². The van der Waals surface area contributed by atoms with Gasteiger partial charge in [0.05, 0.1) is 10.6 Å². The van der Waals surface area contributed by atoms with E-state index in [1.807, 2.05) is 18.2 Å². The van der Waals surface area contributed by atoms with Crippen LogP contribution >= 0.6 is 11.6 Å². The van der Waals surface area contributed by atoms with Crippen LogP contribution < -0.4 is 0 Å². The number of nitrogens with zero attached hydrogens (tertiary/aromatic N) is 1. The summed E-state index contributed by atoms with van der Waals surface area (Å²) in [7, 11) is 0. The van der Waals surface area contributed by atoms with Crippen molar-refractivity contribution in [1.29, 1.82) is 0 Å². The van der Waals surface area contributed by atoms with Crippen molar-refractivity contribution in [1.82, 2.24) is 9.88 Å². The Kier molecular flexibility index (Phi) is 3.34. The number of benzene rings is 2. The molecule has 0 saturated heterocycles. The largest absolute Gasteiger partial charge is 0.358 e. The van der Waals surface area contributed by atoms with Gasteiger partial charge in [0.1, 0.15) is 5.82 Å². The van der Waals surface area contributed by atoms with E-state index >= 15 is 0 Å². The number of hydrogen-bond acceptors (Lipinski definition) is 1. The highest BCUT2D eigenvalue weighted by molar-refractivity contribution is 6.33. The number of carbonyl (C=O) groups excluding carboxylic acids is 1. The first-order valence-electron chi connectivity index (χ1n) is 7.46. The lowest BCUT2D eigenvalue weighted by molar-refractivity contribution is 0.0735. The average molecular weight is 329 g/mol. The number of nitrogens with one attached hydrogen (secondary N) is 1. The summed E-state index contributed by atoms with van der Waals surface area (Å²) >= 11 is 6.02. The molecule has 2 heterocycles. The van der Waals surface area contributed by atoms with Crippen molar-refractivity contribution < 1.29 is 9.18 Å². The summed E-state index contributed by atoms with van der Waals surface area (Å²) in [6.07, 6.45) is 0.772. The smallest absolute Gasteiger partial charge is 0.255 e. The zero-order valence-corrected chi connectivity index (χ0v) is 13.0. The average Bonchev–Trinajstić information content (AvgIpc) is 2.92. The number of halogens is 2. The first kappa shape index (κ1) is 14.3. The van der Waals surface area contributed by atoms with Crippen LogP contribution in [0.25, 0.3) is 10.9 Å². The molecule has 2 aromatic carbocycles. The number of rotatable bonds is 1. The summed E-state index contributed by atoms with van der Waals surface area (Å²) in [5.41, 5.74) is 3.77. The third-order valence-corrected chi connectivity index (χ3v) is 4.64. The normalized spacial score (nSPS) is 14.1. The maximum Gasteiger partial charge on any atom is 0.255 e. The minimum absolute atomic E-state index is 0.153. The van der Waals surface area contributed by atoms with E-state index < -0.39 is 5.82 Å². The number of aromatic nitrogens is 1. The molecule has 116 valence electrons. The van der Waals surface area contributed by atoms with Crippen LogP contribution in [0.1, 0.15) is 21.6 Å². The Balaban J connectivity index is 1.68. The SMILES string of the molecule is O=C(c1ccc(F)cc1Cl)N1CCc2[nH]c3ccccc3c2C1. The molecule has 0 radical (unpaired) electrons. The second kappa shape index (κ2) is 5.39. The summed E-state index contributed by atoms with van der Waals surface area (Å²) in [4.78, 5) is 17.9. The molecule has 1 N–H and O–H groups in total. The summed E-state index contributed by atoms with van der Waals surface area (Å²) in [6.45, 7) is 1.15. The van der Waals surface area contributed by atoms with Gasteiger partial charge in [-0.25, -0.2) is 4.39 Å². The van der Waals surface area contributed by atoms with Crippen LogP contribution in [0.5, 0.6) is 0 Å². The van der Waals surface area contributed by atoms with Crippen LogP contribution in [0.4, 0.5) is 4.39 Å². The standard InChI is InChI=1S/C18H14ClFN2O/c19-15-9-11(20)5-6-13(15)18(23)22-8-7-17-14(10-22)12-3-1-2-4-16(12)21-17/h1-6,9,21H,7-8,10H2. The summed E-state index contributed by atoms with van der Waals surface area (Å²) in [6, 6.07) is 12.0. The second-order valence-electron chi connectivity index (χ2n) is 5.73. The first-order chi connectivity index (χ1) is 11.1. The zero-order valence-electron chi connectivity index (χ0n) is 12.3. The van der Waals surface area contributed by atoms with Gasteiger partial charge in [0, 0.05) is 41.7 Å². The van der Waals surface area contributed by atoms with Crippen molar-refractivity contribution in [2.75, 3.05) is 6.54 Å². The van der Waals surface area contributed by atoms with Gasteiger partial charge in [-0.2, -0.15) is 0 Å². The highest BCUT2D eigenvalue weighted by atomic mass is 35.5. The molecule has 3 nitrogen and oxygen atoms in total. The Labute approximate surface area is 137 Å². The van der Waals surface area contributed by atoms with Gasteiger partial charge in [0.15, 0.2) is 0 Å². The fraction of sp³-hybridized carbons (Fsp3) is 0.167. The Bertz CT molecular complexity index is 919. The molecule has 5 heteroatoms. The monoisotopic (exact) mass is 328 g/mol. The molecule has 1 aromatic heterocycles. The molecule has 1 amide bonds. The van der Waals surface area contributed by atoms with Gasteiger partial charge in [0.25, 0.3) is 5.91 Å². The molecule has 23 heavy (non-hydrogen) atoms. The molecule has 0 unspecified atom stereocenters. The molecule has 0 spiro atoms. The van der Waals surface area contributed by atoms with Crippen molar-refractivity contribution in [3.05, 3.63) is 70.1 Å². The van der Waals surface area contributed by atoms with Crippen LogP contribution in [0, 0.1) is 5.82 Å². The minimum Gasteiger partial charge on any atom is -0.358 e. The van der Waals surface area contributed by atoms with Crippen LogP contribution in [0.2, 0.25) is 5.02 Å². The number of para-hydroxylation sites is 1. The van der Waals surface area contributed by atoms with Crippen molar-refractivity contribution >= 4 is 28.4 Å². The van der Waals surface area contributed by atoms with Crippen molar-refractivity contribution in [2.45, 2.75) is 13.0 Å². The zero-order chi connectivity index (χ0) is 16.0. The number of aromatic amines is 1. The Morgan fingerprint density at radius 2 is 2.04 bits per heavy atom. The van der Waals surface area contributed by atoms with Crippen LogP contribution in [-0.4, -0.2) is 22.3 Å². The lowest BCUT2D eigenvalue weighted by Gasteiger charge is -2.27. The highest BCUT2D eigenvalue weighted by Gasteiger charge is 2.25. The summed E-state index contributed by atoms with van der Waals surface area (Å²) in [5.74, 6) is -0.602. The molecule has 3 aromatic rings. The lowest BCUT2D eigenvalue weighted by Crippen LogP contribution is -2.36. The van der Waals surface area contributed by atoms with Crippen molar-refractivity contribution in [3.8, 4) is 0 Å². The fourth-order valence-corrected chi connectivity index (χ4v) is 3.42. The Hall–Kier alpha value is -2.33. The van der Waals surface area contributed by atoms with E-state index in [4.69, 9.17) is 11.6 Å². The Morgan fingerprint density at radius 1 is 1.22 bits per heavy atom. The van der Waals surface area contributed by atoms with Crippen LogP contribution in [0.15, 0.2) is 42.5 Å². The number of fused-ring (bicyclic) bond motifs is 3. The van der Waals surface area contributed by atoms with Crippen LogP contribution in [0.3, 0.4) is 0 Å². The van der Waals surface area contributed by atoms with E-state index in [0.717, 1.165) is 22.9 Å². The summed E-state index contributed by atoms with van der Waals surface area (Å²) < 4.78 is 13.2. The van der Waals surface area contributed by atoms with E-state index in [9.17, 15) is 9.18 Å². The predicted octanol–water partition coefficient (Wildman–Crippen LogP) is 4.16. The van der Waals surface area contributed by atoms with Gasteiger partial charge >= 0.3 is 0 Å². The molecular weight excluding hydrogens is 315 g/mol. The van der Waals surface area contributed by atoms with E-state index in [2.05, 4.69) is 11.1 Å². The molecule has 0 atom stereocenters. The van der Waals surface area contributed by atoms with E-state index in [-0.39, 0.29) is 10.9 Å². The molecule has 1 aliphatic rings. The maximum atomic E-state index is 13.2. The maximum absolute atomic E-state index is 13.2. The molecule has 0 bridgehead atoms. The highest BCUT2D eigenvalue weighted by Crippen LogP contribution is 2.29. The quantitative estimate of drug-likeness (QED) is 0.715. The van der Waals surface area contributed by atoms with Gasteiger partial charge in [-0.15, -0.1) is 0 Å². The third kappa shape index (κ3) is 2.39. The Morgan fingerprint density at radius 3 is 2.87 bits per heavy atom. The lowest BCUT2D eigenvalue weighted by atomic mass is 10.0. The predicted molar refractivity (Wildman–Crippen MR) is 88.2 cm³/mol. The van der Waals surface area contributed by atoms with Gasteiger partial charge in [-0.1, -0.05) is 29.8 Å². The van der Waals surface area contributed by atoms with Crippen molar-refractivity contribution in [2.24, 2.45) is 0 Å². The van der Waals surface area contributed by atoms with E-state index in [1.54, 1.807) is 4.90 Å². The number of amides is 1. The molecular formula is C18H14ClFN2O. The number of hydrogen-bond donors (Lipinski definition) is 1. The third-order valence-electron chi connectivity index (χ3n) is 4.33. The van der Waals surface area contributed by atoms with E-state index in [0.29, 0.717) is 18.7 Å². The van der Waals surface area contributed by atoms with Gasteiger partial charge in [-0.05, 0) is 24.3 Å². The number of carbonyl (C=O) groups is 1. The van der Waals surface area contributed by atoms with Crippen molar-refractivity contribution in [3.63, 3.8) is 0 Å². The molecule has 4 rings (SSSR count). The fourth-order valence-electron chi connectivity index (χ4n) is 3.17. The van der Waals surface area contributed by atoms with E-state index in [1.165, 1.54) is 23.9 Å². The van der Waals surface area contributed by atoms with Gasteiger partial charge in [-0.3, -0.25) is 4.79 Å². The molecule has 1 aliphatic heterocycles. The first-order valence-corrected chi connectivity index (χ1v) is 7.84. The number of H-pyrrole nitrogens is 1. The second-order valence-corrected chi connectivity index (χ2v) is 6.14. The topological polar surface area (TPSA) is 36.1 Å².